The van der Waals surface area contributed by atoms with E-state index in [9.17, 15) is 0 Å². The molecule has 0 aliphatic carbocycles. The van der Waals surface area contributed by atoms with Crippen molar-refractivity contribution >= 4 is 22.4 Å². The second-order valence-electron chi connectivity index (χ2n) is 3.13. The summed E-state index contributed by atoms with van der Waals surface area (Å²) in [5, 5.41) is 8.36. The number of nitrogen functional groups attached to an aromatic ring is 1. The smallest absolute Gasteiger partial charge is 0.152 e. The average molecular weight is 224 g/mol. The molecule has 15 heavy (non-hydrogen) atoms. The molecule has 2 aromatic rings. The minimum Gasteiger partial charge on any atom is -0.383 e. The molecule has 0 saturated heterocycles. The lowest BCUT2D eigenvalue weighted by atomic mass is 10.4. The van der Waals surface area contributed by atoms with Gasteiger partial charge in [0.25, 0.3) is 0 Å². The van der Waals surface area contributed by atoms with Crippen molar-refractivity contribution in [1.82, 2.24) is 19.1 Å². The zero-order valence-electron chi connectivity index (χ0n) is 8.34. The molecule has 0 spiro atoms. The summed E-state index contributed by atoms with van der Waals surface area (Å²) in [6, 6.07) is 1.82. The lowest BCUT2D eigenvalue weighted by Crippen LogP contribution is -2.05. The highest BCUT2D eigenvalue weighted by atomic mass is 32.1. The summed E-state index contributed by atoms with van der Waals surface area (Å²) in [6.07, 6.45) is 2.48. The van der Waals surface area contributed by atoms with Crippen LogP contribution in [0.15, 0.2) is 12.4 Å². The van der Waals surface area contributed by atoms with Gasteiger partial charge < -0.3 is 11.1 Å². The fourth-order valence-corrected chi connectivity index (χ4v) is 1.76. The zero-order valence-corrected chi connectivity index (χ0v) is 9.16. The van der Waals surface area contributed by atoms with Gasteiger partial charge in [-0.2, -0.15) is 9.47 Å². The van der Waals surface area contributed by atoms with Crippen LogP contribution in [0.25, 0.3) is 0 Å². The molecular formula is C8H12N6S. The van der Waals surface area contributed by atoms with E-state index in [1.54, 1.807) is 11.0 Å². The Balaban J connectivity index is 1.80. The number of nitrogens with one attached hydrogen (secondary N) is 1. The standard InChI is InChI=1S/C8H12N6S/c1-14-5-11-7(12-14)2-3-10-8-4-6(9)13-15-8/h4-5,10H,2-3H2,1H3,(H2,9,13). The Morgan fingerprint density at radius 1 is 1.60 bits per heavy atom. The van der Waals surface area contributed by atoms with E-state index in [1.165, 1.54) is 11.5 Å². The van der Waals surface area contributed by atoms with Gasteiger partial charge >= 0.3 is 0 Å². The summed E-state index contributed by atoms with van der Waals surface area (Å²) in [7, 11) is 1.85. The van der Waals surface area contributed by atoms with Gasteiger partial charge in [-0.1, -0.05) is 0 Å². The Kier molecular flexibility index (Phi) is 2.82. The average Bonchev–Trinajstić information content (AvgIpc) is 2.76. The number of anilines is 2. The topological polar surface area (TPSA) is 81.7 Å². The molecule has 0 aliphatic heterocycles. The van der Waals surface area contributed by atoms with Gasteiger partial charge in [0.15, 0.2) is 5.82 Å². The maximum absolute atomic E-state index is 5.50. The van der Waals surface area contributed by atoms with Crippen molar-refractivity contribution in [3.05, 3.63) is 18.2 Å². The van der Waals surface area contributed by atoms with Gasteiger partial charge in [0, 0.05) is 26.1 Å². The van der Waals surface area contributed by atoms with Gasteiger partial charge in [-0.25, -0.2) is 4.98 Å². The molecule has 2 heterocycles. The van der Waals surface area contributed by atoms with Crippen LogP contribution in [0.4, 0.5) is 10.8 Å². The third-order valence-electron chi connectivity index (χ3n) is 1.82. The molecule has 0 unspecified atom stereocenters. The van der Waals surface area contributed by atoms with Crippen molar-refractivity contribution in [3.63, 3.8) is 0 Å². The molecule has 2 rings (SSSR count). The number of hydrogen-bond acceptors (Lipinski definition) is 6. The molecule has 0 bridgehead atoms. The van der Waals surface area contributed by atoms with Crippen LogP contribution >= 0.6 is 11.5 Å². The van der Waals surface area contributed by atoms with Crippen molar-refractivity contribution in [2.45, 2.75) is 6.42 Å². The van der Waals surface area contributed by atoms with Gasteiger partial charge in [0.05, 0.1) is 0 Å². The van der Waals surface area contributed by atoms with E-state index in [4.69, 9.17) is 5.73 Å². The van der Waals surface area contributed by atoms with Crippen molar-refractivity contribution in [1.29, 1.82) is 0 Å². The van der Waals surface area contributed by atoms with E-state index in [0.717, 1.165) is 23.8 Å². The Morgan fingerprint density at radius 3 is 3.07 bits per heavy atom. The summed E-state index contributed by atoms with van der Waals surface area (Å²) in [4.78, 5) is 4.13. The summed E-state index contributed by atoms with van der Waals surface area (Å²) in [6.45, 7) is 0.783. The highest BCUT2D eigenvalue weighted by Gasteiger charge is 2.00. The first kappa shape index (κ1) is 9.91. The second-order valence-corrected chi connectivity index (χ2v) is 3.93. The number of nitrogens with zero attached hydrogens (tertiary/aromatic N) is 4. The van der Waals surface area contributed by atoms with Crippen LogP contribution < -0.4 is 11.1 Å². The number of aryl methyl sites for hydroxylation is 1. The number of nitrogens with two attached hydrogens (primary N) is 1. The van der Waals surface area contributed by atoms with Gasteiger partial charge in [-0.05, 0) is 11.5 Å². The predicted molar refractivity (Wildman–Crippen MR) is 59.7 cm³/mol. The summed E-state index contributed by atoms with van der Waals surface area (Å²) in [5.41, 5.74) is 5.50. The van der Waals surface area contributed by atoms with E-state index in [-0.39, 0.29) is 0 Å². The first-order valence-electron chi connectivity index (χ1n) is 4.54. The zero-order chi connectivity index (χ0) is 10.7. The molecule has 0 atom stereocenters. The largest absolute Gasteiger partial charge is 0.383 e. The molecule has 7 heteroatoms. The van der Waals surface area contributed by atoms with E-state index < -0.39 is 0 Å². The minimum atomic E-state index is 0.554. The Labute approximate surface area is 91.3 Å². The van der Waals surface area contributed by atoms with Gasteiger partial charge in [-0.3, -0.25) is 4.68 Å². The van der Waals surface area contributed by atoms with E-state index in [0.29, 0.717) is 5.82 Å². The molecule has 0 aromatic carbocycles. The SMILES string of the molecule is Cn1cnc(CCNc2cc(N)ns2)n1. The Hall–Kier alpha value is -1.63. The number of hydrogen-bond donors (Lipinski definition) is 2. The Bertz CT molecular complexity index is 394. The van der Waals surface area contributed by atoms with Crippen LogP contribution in [0, 0.1) is 0 Å². The third kappa shape index (κ3) is 2.66. The number of rotatable bonds is 4. The summed E-state index contributed by atoms with van der Waals surface area (Å²) in [5.74, 6) is 1.39. The fourth-order valence-electron chi connectivity index (χ4n) is 1.17. The highest BCUT2D eigenvalue weighted by Crippen LogP contribution is 2.16. The minimum absolute atomic E-state index is 0.554. The van der Waals surface area contributed by atoms with Crippen LogP contribution in [0.3, 0.4) is 0 Å². The van der Waals surface area contributed by atoms with Gasteiger partial charge in [0.2, 0.25) is 0 Å². The lowest BCUT2D eigenvalue weighted by molar-refractivity contribution is 0.742. The fraction of sp³-hybridized carbons (Fsp3) is 0.375. The highest BCUT2D eigenvalue weighted by molar-refractivity contribution is 7.10. The molecule has 0 amide bonds. The van der Waals surface area contributed by atoms with Crippen LogP contribution in [-0.4, -0.2) is 25.7 Å². The molecule has 2 aromatic heterocycles. The first-order chi connectivity index (χ1) is 7.24. The van der Waals surface area contributed by atoms with E-state index >= 15 is 0 Å². The van der Waals surface area contributed by atoms with E-state index in [1.807, 2.05) is 13.1 Å². The van der Waals surface area contributed by atoms with Gasteiger partial charge in [-0.15, -0.1) is 0 Å². The Morgan fingerprint density at radius 2 is 2.47 bits per heavy atom. The van der Waals surface area contributed by atoms with Crippen molar-refractivity contribution in [2.75, 3.05) is 17.6 Å². The lowest BCUT2D eigenvalue weighted by Gasteiger charge is -1.98. The van der Waals surface area contributed by atoms with Crippen molar-refractivity contribution in [2.24, 2.45) is 7.05 Å². The van der Waals surface area contributed by atoms with Crippen molar-refractivity contribution < 1.29 is 0 Å². The quantitative estimate of drug-likeness (QED) is 0.790. The molecule has 0 radical (unpaired) electrons. The van der Waals surface area contributed by atoms with Gasteiger partial charge in [0.1, 0.15) is 17.1 Å². The third-order valence-corrected chi connectivity index (χ3v) is 2.58. The number of aromatic nitrogens is 4. The molecule has 6 nitrogen and oxygen atoms in total. The normalized spacial score (nSPS) is 10.5. The molecular weight excluding hydrogens is 212 g/mol. The monoisotopic (exact) mass is 224 g/mol. The molecule has 0 saturated carbocycles. The van der Waals surface area contributed by atoms with Crippen LogP contribution in [-0.2, 0) is 13.5 Å². The maximum Gasteiger partial charge on any atom is 0.152 e. The first-order valence-corrected chi connectivity index (χ1v) is 5.32. The van der Waals surface area contributed by atoms with E-state index in [2.05, 4.69) is 19.8 Å². The second kappa shape index (κ2) is 4.26. The van der Waals surface area contributed by atoms with Crippen molar-refractivity contribution in [3.8, 4) is 0 Å². The molecule has 0 fully saturated rings. The molecule has 80 valence electrons. The van der Waals surface area contributed by atoms with Crippen LogP contribution in [0.1, 0.15) is 5.82 Å². The van der Waals surface area contributed by atoms with Crippen LogP contribution in [0.2, 0.25) is 0 Å². The summed E-state index contributed by atoms with van der Waals surface area (Å²) >= 11 is 1.36. The molecule has 0 aliphatic rings. The maximum atomic E-state index is 5.50. The summed E-state index contributed by atoms with van der Waals surface area (Å²) < 4.78 is 5.66. The molecule has 3 N–H and O–H groups in total. The van der Waals surface area contributed by atoms with Crippen LogP contribution in [0.5, 0.6) is 0 Å². The predicted octanol–water partition coefficient (Wildman–Crippen LogP) is 0.508.